The van der Waals surface area contributed by atoms with E-state index in [0.717, 1.165) is 5.69 Å². The highest BCUT2D eigenvalue weighted by Gasteiger charge is 2.12. The molecule has 0 saturated heterocycles. The topological polar surface area (TPSA) is 81.7 Å². The van der Waals surface area contributed by atoms with Gasteiger partial charge in [-0.2, -0.15) is 0 Å². The summed E-state index contributed by atoms with van der Waals surface area (Å²) >= 11 is 0. The average Bonchev–Trinajstić information content (AvgIpc) is 2.75. The summed E-state index contributed by atoms with van der Waals surface area (Å²) in [6.45, 7) is 2.41. The molecule has 0 unspecified atom stereocenters. The van der Waals surface area contributed by atoms with Gasteiger partial charge in [0.2, 0.25) is 0 Å². The second kappa shape index (κ2) is 9.45. The van der Waals surface area contributed by atoms with Crippen molar-refractivity contribution in [1.29, 1.82) is 0 Å². The van der Waals surface area contributed by atoms with Crippen LogP contribution in [0.4, 0.5) is 17.1 Å². The summed E-state index contributed by atoms with van der Waals surface area (Å²) < 4.78 is 16.1. The lowest BCUT2D eigenvalue weighted by Gasteiger charge is -2.13. The van der Waals surface area contributed by atoms with Gasteiger partial charge in [-0.25, -0.2) is 4.98 Å². The Hall–Kier alpha value is -3.74. The van der Waals surface area contributed by atoms with E-state index >= 15 is 0 Å². The van der Waals surface area contributed by atoms with Gasteiger partial charge in [-0.15, -0.1) is 0 Å². The van der Waals surface area contributed by atoms with E-state index < -0.39 is 0 Å². The quantitative estimate of drug-likeness (QED) is 0.587. The van der Waals surface area contributed by atoms with E-state index in [1.807, 2.05) is 37.3 Å². The zero-order valence-electron chi connectivity index (χ0n) is 16.6. The summed E-state index contributed by atoms with van der Waals surface area (Å²) in [4.78, 5) is 16.8. The van der Waals surface area contributed by atoms with E-state index in [0.29, 0.717) is 40.9 Å². The summed E-state index contributed by atoms with van der Waals surface area (Å²) in [5.74, 6) is 1.67. The van der Waals surface area contributed by atoms with Crippen LogP contribution in [0.25, 0.3) is 0 Å². The zero-order valence-corrected chi connectivity index (χ0v) is 16.6. The smallest absolute Gasteiger partial charge is 0.274 e. The number of aromatic nitrogens is 1. The largest absolute Gasteiger partial charge is 0.497 e. The van der Waals surface area contributed by atoms with Gasteiger partial charge >= 0.3 is 0 Å². The van der Waals surface area contributed by atoms with Gasteiger partial charge in [0.05, 0.1) is 44.1 Å². The van der Waals surface area contributed by atoms with Crippen molar-refractivity contribution in [2.24, 2.45) is 0 Å². The Kier molecular flexibility index (Phi) is 6.52. The van der Waals surface area contributed by atoms with Crippen molar-refractivity contribution in [1.82, 2.24) is 4.98 Å². The first-order valence-electron chi connectivity index (χ1n) is 9.13. The minimum Gasteiger partial charge on any atom is -0.497 e. The van der Waals surface area contributed by atoms with Crippen molar-refractivity contribution in [3.63, 3.8) is 0 Å². The third-order valence-corrected chi connectivity index (χ3v) is 4.12. The van der Waals surface area contributed by atoms with Crippen LogP contribution in [-0.2, 0) is 0 Å². The number of amides is 1. The fourth-order valence-electron chi connectivity index (χ4n) is 2.71. The molecule has 2 N–H and O–H groups in total. The van der Waals surface area contributed by atoms with Crippen LogP contribution in [0.1, 0.15) is 17.4 Å². The molecule has 1 aromatic heterocycles. The minimum atomic E-state index is -0.317. The van der Waals surface area contributed by atoms with Crippen LogP contribution in [0.15, 0.2) is 60.8 Å². The molecular weight excluding hydrogens is 370 g/mol. The van der Waals surface area contributed by atoms with E-state index in [9.17, 15) is 4.79 Å². The molecule has 0 atom stereocenters. The molecule has 29 heavy (non-hydrogen) atoms. The third-order valence-electron chi connectivity index (χ3n) is 4.12. The van der Waals surface area contributed by atoms with E-state index in [2.05, 4.69) is 15.6 Å². The number of methoxy groups -OCH3 is 2. The molecule has 0 saturated carbocycles. The van der Waals surface area contributed by atoms with Crippen LogP contribution in [-0.4, -0.2) is 31.7 Å². The van der Waals surface area contributed by atoms with Crippen molar-refractivity contribution in [3.05, 3.63) is 66.5 Å². The number of rotatable bonds is 8. The number of nitrogens with one attached hydrogen (secondary N) is 2. The van der Waals surface area contributed by atoms with Gasteiger partial charge in [0.1, 0.15) is 22.9 Å². The van der Waals surface area contributed by atoms with E-state index in [1.54, 1.807) is 44.7 Å². The number of nitrogens with zero attached hydrogens (tertiary/aromatic N) is 1. The Balaban J connectivity index is 1.73. The van der Waals surface area contributed by atoms with Crippen molar-refractivity contribution < 1.29 is 19.0 Å². The molecular formula is C22H23N3O4. The highest BCUT2D eigenvalue weighted by Crippen LogP contribution is 2.31. The maximum atomic E-state index is 12.5. The number of ether oxygens (including phenoxy) is 3. The lowest BCUT2D eigenvalue weighted by molar-refractivity contribution is 0.102. The SMILES string of the molecule is CCOc1ccccc1NC(=O)c1ccc(Nc2cc(OC)ccc2OC)cn1. The molecule has 2 aromatic carbocycles. The molecule has 0 spiro atoms. The van der Waals surface area contributed by atoms with Crippen LogP contribution >= 0.6 is 0 Å². The lowest BCUT2D eigenvalue weighted by atomic mass is 10.2. The second-order valence-electron chi connectivity index (χ2n) is 6.01. The average molecular weight is 393 g/mol. The number of anilines is 3. The van der Waals surface area contributed by atoms with E-state index in [-0.39, 0.29) is 5.91 Å². The Morgan fingerprint density at radius 3 is 2.48 bits per heavy atom. The molecule has 1 amide bonds. The third kappa shape index (κ3) is 4.95. The molecule has 0 aliphatic heterocycles. The predicted molar refractivity (Wildman–Crippen MR) is 113 cm³/mol. The summed E-state index contributed by atoms with van der Waals surface area (Å²) in [6, 6.07) is 16.1. The maximum Gasteiger partial charge on any atom is 0.274 e. The predicted octanol–water partition coefficient (Wildman–Crippen LogP) is 4.49. The Morgan fingerprint density at radius 1 is 0.966 bits per heavy atom. The molecule has 1 heterocycles. The molecule has 0 bridgehead atoms. The standard InChI is InChI=1S/C22H23N3O4/c1-4-29-21-8-6-5-7-17(21)25-22(26)18-11-9-15(14-23-18)24-19-13-16(27-2)10-12-20(19)28-3/h5-14,24H,4H2,1-3H3,(H,25,26). The van der Waals surface area contributed by atoms with Crippen LogP contribution in [0.5, 0.6) is 17.2 Å². The first kappa shape index (κ1) is 20.0. The number of carbonyl (C=O) groups is 1. The molecule has 7 heteroatoms. The first-order chi connectivity index (χ1) is 14.1. The summed E-state index contributed by atoms with van der Waals surface area (Å²) in [5.41, 5.74) is 2.34. The summed E-state index contributed by atoms with van der Waals surface area (Å²) in [6.07, 6.45) is 1.59. The fraction of sp³-hybridized carbons (Fsp3) is 0.182. The molecule has 0 radical (unpaired) electrons. The Bertz CT molecular complexity index is 974. The van der Waals surface area contributed by atoms with Crippen LogP contribution in [0.3, 0.4) is 0 Å². The normalized spacial score (nSPS) is 10.2. The van der Waals surface area contributed by atoms with Gasteiger partial charge in [-0.05, 0) is 43.3 Å². The highest BCUT2D eigenvalue weighted by molar-refractivity contribution is 6.03. The second-order valence-corrected chi connectivity index (χ2v) is 6.01. The molecule has 0 aliphatic carbocycles. The van der Waals surface area contributed by atoms with Gasteiger partial charge in [0, 0.05) is 6.07 Å². The number of para-hydroxylation sites is 2. The zero-order chi connectivity index (χ0) is 20.6. The molecule has 7 nitrogen and oxygen atoms in total. The molecule has 3 aromatic rings. The first-order valence-corrected chi connectivity index (χ1v) is 9.13. The van der Waals surface area contributed by atoms with Crippen LogP contribution in [0, 0.1) is 0 Å². The van der Waals surface area contributed by atoms with E-state index in [1.165, 1.54) is 0 Å². The van der Waals surface area contributed by atoms with E-state index in [4.69, 9.17) is 14.2 Å². The van der Waals surface area contributed by atoms with Gasteiger partial charge < -0.3 is 24.8 Å². The van der Waals surface area contributed by atoms with Gasteiger partial charge in [-0.1, -0.05) is 12.1 Å². The summed E-state index contributed by atoms with van der Waals surface area (Å²) in [7, 11) is 3.20. The summed E-state index contributed by atoms with van der Waals surface area (Å²) in [5, 5.41) is 6.05. The number of hydrogen-bond acceptors (Lipinski definition) is 6. The molecule has 150 valence electrons. The van der Waals surface area contributed by atoms with Crippen molar-refractivity contribution in [2.75, 3.05) is 31.5 Å². The van der Waals surface area contributed by atoms with Crippen molar-refractivity contribution in [3.8, 4) is 17.2 Å². The molecule has 3 rings (SSSR count). The Morgan fingerprint density at radius 2 is 1.79 bits per heavy atom. The number of pyridine rings is 1. The van der Waals surface area contributed by atoms with Crippen LogP contribution < -0.4 is 24.8 Å². The van der Waals surface area contributed by atoms with Gasteiger partial charge in [-0.3, -0.25) is 4.79 Å². The van der Waals surface area contributed by atoms with Crippen molar-refractivity contribution >= 4 is 23.0 Å². The van der Waals surface area contributed by atoms with Crippen molar-refractivity contribution in [2.45, 2.75) is 6.92 Å². The number of hydrogen-bond donors (Lipinski definition) is 2. The number of benzene rings is 2. The van der Waals surface area contributed by atoms with Gasteiger partial charge in [0.25, 0.3) is 5.91 Å². The monoisotopic (exact) mass is 393 g/mol. The van der Waals surface area contributed by atoms with Crippen LogP contribution in [0.2, 0.25) is 0 Å². The Labute approximate surface area is 169 Å². The molecule has 0 fully saturated rings. The lowest BCUT2D eigenvalue weighted by Crippen LogP contribution is -2.14. The minimum absolute atomic E-state index is 0.291. The maximum absolute atomic E-state index is 12.5. The van der Waals surface area contributed by atoms with Gasteiger partial charge in [0.15, 0.2) is 0 Å². The highest BCUT2D eigenvalue weighted by atomic mass is 16.5. The number of carbonyl (C=O) groups excluding carboxylic acids is 1. The molecule has 0 aliphatic rings. The fourth-order valence-corrected chi connectivity index (χ4v) is 2.71.